The average molecular weight is 263 g/mol. The number of benzene rings is 1. The minimum absolute atomic E-state index is 0.0579. The van der Waals surface area contributed by atoms with E-state index in [-0.39, 0.29) is 5.69 Å². The molecule has 0 radical (unpaired) electrons. The Kier molecular flexibility index (Phi) is 4.09. The smallest absolute Gasteiger partial charge is 0.362 e. The fraction of sp³-hybridized carbons (Fsp3) is 0.250. The summed E-state index contributed by atoms with van der Waals surface area (Å²) in [5.74, 6) is 0.0676. The van der Waals surface area contributed by atoms with E-state index in [1.807, 2.05) is 24.3 Å². The van der Waals surface area contributed by atoms with Crippen molar-refractivity contribution in [2.24, 2.45) is 0 Å². The van der Waals surface area contributed by atoms with Gasteiger partial charge in [-0.15, -0.1) is 5.10 Å². The van der Waals surface area contributed by atoms with Crippen molar-refractivity contribution in [3.8, 4) is 5.75 Å². The number of carbonyl (C=O) groups is 1. The number of rotatable bonds is 5. The number of aliphatic hydroxyl groups excluding tert-OH is 1. The fourth-order valence-corrected chi connectivity index (χ4v) is 1.52. The van der Waals surface area contributed by atoms with Gasteiger partial charge in [-0.1, -0.05) is 17.3 Å². The maximum atomic E-state index is 11.3. The first-order valence-corrected chi connectivity index (χ1v) is 5.54. The molecule has 1 aromatic carbocycles. The molecular weight excluding hydrogens is 250 g/mol. The number of carbonyl (C=O) groups excluding carboxylic acids is 1. The zero-order valence-electron chi connectivity index (χ0n) is 10.3. The summed E-state index contributed by atoms with van der Waals surface area (Å²) < 4.78 is 11.0. The van der Waals surface area contributed by atoms with E-state index in [0.29, 0.717) is 6.54 Å². The van der Waals surface area contributed by atoms with Crippen LogP contribution < -0.4 is 4.74 Å². The first-order valence-electron chi connectivity index (χ1n) is 5.54. The standard InChI is InChI=1S/C12H13N3O4/c1-18-10-4-2-9(3-5-10)6-15-7-11(13-14-15)12(17)19-8-16/h2-5,7,16H,6,8H2,1H3. The second-order valence-corrected chi connectivity index (χ2v) is 3.71. The van der Waals surface area contributed by atoms with Gasteiger partial charge in [0, 0.05) is 0 Å². The quantitative estimate of drug-likeness (QED) is 0.622. The Morgan fingerprint density at radius 2 is 2.11 bits per heavy atom. The molecule has 0 unspecified atom stereocenters. The van der Waals surface area contributed by atoms with Crippen LogP contribution in [-0.2, 0) is 11.3 Å². The van der Waals surface area contributed by atoms with Crippen LogP contribution in [0.2, 0.25) is 0 Å². The van der Waals surface area contributed by atoms with Crippen LogP contribution in [-0.4, -0.2) is 40.0 Å². The normalized spacial score (nSPS) is 10.2. The van der Waals surface area contributed by atoms with E-state index in [0.717, 1.165) is 11.3 Å². The Morgan fingerprint density at radius 1 is 1.37 bits per heavy atom. The molecule has 19 heavy (non-hydrogen) atoms. The molecule has 0 saturated heterocycles. The first-order chi connectivity index (χ1) is 9.22. The van der Waals surface area contributed by atoms with Crippen LogP contribution in [0.3, 0.4) is 0 Å². The lowest BCUT2D eigenvalue weighted by Crippen LogP contribution is -2.06. The van der Waals surface area contributed by atoms with Crippen LogP contribution in [0.25, 0.3) is 0 Å². The van der Waals surface area contributed by atoms with Crippen LogP contribution in [0.5, 0.6) is 5.75 Å². The van der Waals surface area contributed by atoms with E-state index >= 15 is 0 Å². The number of nitrogens with zero attached hydrogens (tertiary/aromatic N) is 3. The lowest BCUT2D eigenvalue weighted by molar-refractivity contribution is 0.00622. The number of hydrogen-bond acceptors (Lipinski definition) is 6. The SMILES string of the molecule is COc1ccc(Cn2cc(C(=O)OCO)nn2)cc1. The number of aromatic nitrogens is 3. The van der Waals surface area contributed by atoms with Crippen LogP contribution >= 0.6 is 0 Å². The highest BCUT2D eigenvalue weighted by Gasteiger charge is 2.11. The van der Waals surface area contributed by atoms with E-state index < -0.39 is 12.8 Å². The first kappa shape index (κ1) is 13.0. The van der Waals surface area contributed by atoms with E-state index in [1.165, 1.54) is 10.9 Å². The molecule has 0 fully saturated rings. The maximum absolute atomic E-state index is 11.3. The van der Waals surface area contributed by atoms with Crippen molar-refractivity contribution < 1.29 is 19.4 Å². The van der Waals surface area contributed by atoms with E-state index in [1.54, 1.807) is 7.11 Å². The van der Waals surface area contributed by atoms with Gasteiger partial charge in [0.2, 0.25) is 0 Å². The molecule has 1 N–H and O–H groups in total. The topological polar surface area (TPSA) is 86.5 Å². The molecule has 0 amide bonds. The number of ether oxygens (including phenoxy) is 2. The van der Waals surface area contributed by atoms with Crippen LogP contribution in [0, 0.1) is 0 Å². The zero-order chi connectivity index (χ0) is 13.7. The summed E-state index contributed by atoms with van der Waals surface area (Å²) in [6.45, 7) is -0.201. The number of aliphatic hydroxyl groups is 1. The number of esters is 1. The van der Waals surface area contributed by atoms with Crippen molar-refractivity contribution in [2.45, 2.75) is 6.54 Å². The van der Waals surface area contributed by atoms with Crippen molar-refractivity contribution in [1.29, 1.82) is 0 Å². The third-order valence-electron chi connectivity index (χ3n) is 2.45. The minimum atomic E-state index is -0.705. The van der Waals surface area contributed by atoms with E-state index in [9.17, 15) is 4.79 Å². The Morgan fingerprint density at radius 3 is 2.74 bits per heavy atom. The summed E-state index contributed by atoms with van der Waals surface area (Å²) in [6, 6.07) is 7.47. The Balaban J connectivity index is 2.04. The molecule has 0 spiro atoms. The summed E-state index contributed by atoms with van der Waals surface area (Å²) in [5, 5.41) is 16.0. The third kappa shape index (κ3) is 3.29. The van der Waals surface area contributed by atoms with Gasteiger partial charge in [-0.05, 0) is 17.7 Å². The summed E-state index contributed by atoms with van der Waals surface area (Å²) in [4.78, 5) is 11.3. The van der Waals surface area contributed by atoms with Gasteiger partial charge in [-0.2, -0.15) is 0 Å². The predicted octanol–water partition coefficient (Wildman–Crippen LogP) is 0.442. The van der Waals surface area contributed by atoms with Crippen LogP contribution in [0.15, 0.2) is 30.5 Å². The molecule has 2 rings (SSSR count). The molecule has 0 aliphatic rings. The molecular formula is C12H13N3O4. The largest absolute Gasteiger partial charge is 0.497 e. The van der Waals surface area contributed by atoms with Gasteiger partial charge < -0.3 is 14.6 Å². The molecule has 0 atom stereocenters. The van der Waals surface area contributed by atoms with Gasteiger partial charge in [0.25, 0.3) is 0 Å². The summed E-state index contributed by atoms with van der Waals surface area (Å²) in [7, 11) is 1.60. The van der Waals surface area contributed by atoms with Gasteiger partial charge >= 0.3 is 5.97 Å². The fourth-order valence-electron chi connectivity index (χ4n) is 1.52. The van der Waals surface area contributed by atoms with E-state index in [4.69, 9.17) is 9.84 Å². The lowest BCUT2D eigenvalue weighted by atomic mass is 10.2. The van der Waals surface area contributed by atoms with E-state index in [2.05, 4.69) is 15.0 Å². The highest BCUT2D eigenvalue weighted by Crippen LogP contribution is 2.12. The molecule has 1 aromatic heterocycles. The van der Waals surface area contributed by atoms with Crippen molar-refractivity contribution in [3.05, 3.63) is 41.7 Å². The highest BCUT2D eigenvalue weighted by molar-refractivity contribution is 5.86. The molecule has 0 saturated carbocycles. The van der Waals surface area contributed by atoms with Crippen molar-refractivity contribution in [1.82, 2.24) is 15.0 Å². The zero-order valence-corrected chi connectivity index (χ0v) is 10.3. The molecule has 1 heterocycles. The van der Waals surface area contributed by atoms with Crippen LogP contribution in [0.1, 0.15) is 16.1 Å². The summed E-state index contributed by atoms with van der Waals surface area (Å²) >= 11 is 0. The molecule has 100 valence electrons. The lowest BCUT2D eigenvalue weighted by Gasteiger charge is -2.02. The van der Waals surface area contributed by atoms with Gasteiger partial charge in [0.1, 0.15) is 5.75 Å². The molecule has 2 aromatic rings. The van der Waals surface area contributed by atoms with Crippen molar-refractivity contribution in [2.75, 3.05) is 13.9 Å². The van der Waals surface area contributed by atoms with Gasteiger partial charge in [-0.3, -0.25) is 0 Å². The van der Waals surface area contributed by atoms with Gasteiger partial charge in [0.05, 0.1) is 19.9 Å². The number of methoxy groups -OCH3 is 1. The third-order valence-corrected chi connectivity index (χ3v) is 2.45. The molecule has 0 aliphatic heterocycles. The maximum Gasteiger partial charge on any atom is 0.362 e. The second kappa shape index (κ2) is 5.96. The molecule has 7 nitrogen and oxygen atoms in total. The van der Waals surface area contributed by atoms with Crippen LogP contribution in [0.4, 0.5) is 0 Å². The van der Waals surface area contributed by atoms with Gasteiger partial charge in [0.15, 0.2) is 12.5 Å². The molecule has 0 bridgehead atoms. The summed E-state index contributed by atoms with van der Waals surface area (Å²) in [5.41, 5.74) is 1.05. The Labute approximate surface area is 109 Å². The minimum Gasteiger partial charge on any atom is -0.497 e. The average Bonchev–Trinajstić information content (AvgIpc) is 2.88. The number of hydrogen-bond donors (Lipinski definition) is 1. The summed E-state index contributed by atoms with van der Waals surface area (Å²) in [6.07, 6.45) is 1.46. The monoisotopic (exact) mass is 263 g/mol. The predicted molar refractivity (Wildman–Crippen MR) is 64.6 cm³/mol. The molecule has 7 heteroatoms. The Hall–Kier alpha value is -2.41. The molecule has 0 aliphatic carbocycles. The second-order valence-electron chi connectivity index (χ2n) is 3.71. The van der Waals surface area contributed by atoms with Crippen molar-refractivity contribution in [3.63, 3.8) is 0 Å². The Bertz CT molecular complexity index is 550. The van der Waals surface area contributed by atoms with Crippen molar-refractivity contribution >= 4 is 5.97 Å². The highest BCUT2D eigenvalue weighted by atomic mass is 16.6. The van der Waals surface area contributed by atoms with Gasteiger partial charge in [-0.25, -0.2) is 9.48 Å².